The van der Waals surface area contributed by atoms with E-state index >= 15 is 0 Å². The van der Waals surface area contributed by atoms with Crippen LogP contribution in [0.3, 0.4) is 0 Å². The summed E-state index contributed by atoms with van der Waals surface area (Å²) in [5.74, 6) is 3.46. The first-order valence-electron chi connectivity index (χ1n) is 6.27. The SMILES string of the molecule is CCc1cc(CO)cc(N2CCCSCC2)n1. The summed E-state index contributed by atoms with van der Waals surface area (Å²) >= 11 is 2.02. The van der Waals surface area contributed by atoms with Gasteiger partial charge in [0.15, 0.2) is 0 Å². The maximum Gasteiger partial charge on any atom is 0.129 e. The zero-order chi connectivity index (χ0) is 12.1. The molecule has 1 aromatic heterocycles. The largest absolute Gasteiger partial charge is 0.392 e. The summed E-state index contributed by atoms with van der Waals surface area (Å²) in [6, 6.07) is 4.02. The summed E-state index contributed by atoms with van der Waals surface area (Å²) in [6.45, 7) is 4.35. The quantitative estimate of drug-likeness (QED) is 0.893. The van der Waals surface area contributed by atoms with Gasteiger partial charge in [0.25, 0.3) is 0 Å². The Kier molecular flexibility index (Phi) is 4.68. The van der Waals surface area contributed by atoms with E-state index < -0.39 is 0 Å². The fourth-order valence-electron chi connectivity index (χ4n) is 2.04. The van der Waals surface area contributed by atoms with Crippen molar-refractivity contribution in [3.63, 3.8) is 0 Å². The minimum absolute atomic E-state index is 0.102. The van der Waals surface area contributed by atoms with Crippen LogP contribution in [0.5, 0.6) is 0 Å². The van der Waals surface area contributed by atoms with Gasteiger partial charge in [-0.05, 0) is 36.3 Å². The number of anilines is 1. The molecule has 17 heavy (non-hydrogen) atoms. The molecule has 1 fully saturated rings. The number of aliphatic hydroxyl groups is 1. The van der Waals surface area contributed by atoms with Crippen LogP contribution < -0.4 is 4.90 Å². The first-order chi connectivity index (χ1) is 8.33. The summed E-state index contributed by atoms with van der Waals surface area (Å²) in [5, 5.41) is 9.29. The molecule has 1 aromatic rings. The van der Waals surface area contributed by atoms with E-state index in [1.807, 2.05) is 23.9 Å². The first kappa shape index (κ1) is 12.7. The Morgan fingerprint density at radius 1 is 1.35 bits per heavy atom. The van der Waals surface area contributed by atoms with Crippen molar-refractivity contribution in [1.82, 2.24) is 4.98 Å². The summed E-state index contributed by atoms with van der Waals surface area (Å²) in [4.78, 5) is 7.02. The van der Waals surface area contributed by atoms with Crippen LogP contribution in [-0.2, 0) is 13.0 Å². The number of hydrogen-bond acceptors (Lipinski definition) is 4. The number of rotatable bonds is 3. The lowest BCUT2D eigenvalue weighted by molar-refractivity contribution is 0.281. The smallest absolute Gasteiger partial charge is 0.129 e. The number of pyridine rings is 1. The lowest BCUT2D eigenvalue weighted by Crippen LogP contribution is -2.26. The molecular formula is C13H20N2OS. The van der Waals surface area contributed by atoms with Crippen molar-refractivity contribution in [3.8, 4) is 0 Å². The molecule has 3 nitrogen and oxygen atoms in total. The van der Waals surface area contributed by atoms with Gasteiger partial charge < -0.3 is 10.0 Å². The van der Waals surface area contributed by atoms with Crippen molar-refractivity contribution in [1.29, 1.82) is 0 Å². The van der Waals surface area contributed by atoms with Gasteiger partial charge in [-0.1, -0.05) is 6.92 Å². The van der Waals surface area contributed by atoms with Crippen LogP contribution >= 0.6 is 11.8 Å². The summed E-state index contributed by atoms with van der Waals surface area (Å²) < 4.78 is 0. The molecule has 4 heteroatoms. The molecule has 0 aliphatic carbocycles. The molecule has 0 amide bonds. The van der Waals surface area contributed by atoms with E-state index in [2.05, 4.69) is 16.8 Å². The topological polar surface area (TPSA) is 36.4 Å². The van der Waals surface area contributed by atoms with E-state index in [0.717, 1.165) is 36.6 Å². The van der Waals surface area contributed by atoms with Crippen LogP contribution in [0.25, 0.3) is 0 Å². The van der Waals surface area contributed by atoms with Gasteiger partial charge in [0.1, 0.15) is 5.82 Å². The predicted molar refractivity (Wildman–Crippen MR) is 73.7 cm³/mol. The van der Waals surface area contributed by atoms with Crippen molar-refractivity contribution in [2.75, 3.05) is 29.5 Å². The summed E-state index contributed by atoms with van der Waals surface area (Å²) in [6.07, 6.45) is 2.14. The Bertz CT molecular complexity index is 340. The van der Waals surface area contributed by atoms with Gasteiger partial charge in [0.05, 0.1) is 6.61 Å². The highest BCUT2D eigenvalue weighted by Crippen LogP contribution is 2.19. The van der Waals surface area contributed by atoms with Crippen LogP contribution in [0, 0.1) is 0 Å². The highest BCUT2D eigenvalue weighted by molar-refractivity contribution is 7.99. The average molecular weight is 252 g/mol. The number of nitrogens with zero attached hydrogens (tertiary/aromatic N) is 2. The van der Waals surface area contributed by atoms with Gasteiger partial charge in [-0.2, -0.15) is 11.8 Å². The zero-order valence-electron chi connectivity index (χ0n) is 10.4. The minimum atomic E-state index is 0.102. The molecule has 0 aromatic carbocycles. The van der Waals surface area contributed by atoms with Crippen LogP contribution in [0.2, 0.25) is 0 Å². The standard InChI is InChI=1S/C13H20N2OS/c1-2-12-8-11(10-16)9-13(14-12)15-4-3-6-17-7-5-15/h8-9,16H,2-7,10H2,1H3. The third kappa shape index (κ3) is 3.36. The maximum absolute atomic E-state index is 9.29. The first-order valence-corrected chi connectivity index (χ1v) is 7.42. The Morgan fingerprint density at radius 2 is 2.24 bits per heavy atom. The highest BCUT2D eigenvalue weighted by atomic mass is 32.2. The van der Waals surface area contributed by atoms with Gasteiger partial charge in [-0.15, -0.1) is 0 Å². The Labute approximate surface area is 107 Å². The molecule has 0 bridgehead atoms. The molecule has 1 aliphatic rings. The molecule has 1 N–H and O–H groups in total. The van der Waals surface area contributed by atoms with Gasteiger partial charge >= 0.3 is 0 Å². The number of aryl methyl sites for hydroxylation is 1. The van der Waals surface area contributed by atoms with E-state index in [1.54, 1.807) is 0 Å². The fraction of sp³-hybridized carbons (Fsp3) is 0.615. The lowest BCUT2D eigenvalue weighted by Gasteiger charge is -2.22. The Hall–Kier alpha value is -0.740. The lowest BCUT2D eigenvalue weighted by atomic mass is 10.2. The molecule has 1 aliphatic heterocycles. The third-order valence-electron chi connectivity index (χ3n) is 3.02. The Balaban J connectivity index is 2.22. The molecule has 0 radical (unpaired) electrons. The molecule has 2 heterocycles. The van der Waals surface area contributed by atoms with Crippen LogP contribution in [0.4, 0.5) is 5.82 Å². The maximum atomic E-state index is 9.29. The van der Waals surface area contributed by atoms with Crippen molar-refractivity contribution >= 4 is 17.6 Å². The number of thioether (sulfide) groups is 1. The second kappa shape index (κ2) is 6.26. The highest BCUT2D eigenvalue weighted by Gasteiger charge is 2.12. The van der Waals surface area contributed by atoms with Gasteiger partial charge in [0.2, 0.25) is 0 Å². The number of hydrogen-bond donors (Lipinski definition) is 1. The van der Waals surface area contributed by atoms with E-state index in [0.29, 0.717) is 0 Å². The molecule has 0 saturated carbocycles. The van der Waals surface area contributed by atoms with Crippen molar-refractivity contribution in [2.45, 2.75) is 26.4 Å². The van der Waals surface area contributed by atoms with Crippen molar-refractivity contribution < 1.29 is 5.11 Å². The van der Waals surface area contributed by atoms with E-state index in [4.69, 9.17) is 0 Å². The van der Waals surface area contributed by atoms with E-state index in [-0.39, 0.29) is 6.61 Å². The zero-order valence-corrected chi connectivity index (χ0v) is 11.2. The second-order valence-electron chi connectivity index (χ2n) is 4.29. The average Bonchev–Trinajstić information content (AvgIpc) is 2.67. The Morgan fingerprint density at radius 3 is 3.00 bits per heavy atom. The molecule has 0 atom stereocenters. The van der Waals surface area contributed by atoms with Crippen LogP contribution in [0.1, 0.15) is 24.6 Å². The number of aliphatic hydroxyl groups excluding tert-OH is 1. The molecule has 94 valence electrons. The summed E-state index contributed by atoms with van der Waals surface area (Å²) in [5.41, 5.74) is 2.05. The molecule has 1 saturated heterocycles. The van der Waals surface area contributed by atoms with E-state index in [9.17, 15) is 5.11 Å². The molecular weight excluding hydrogens is 232 g/mol. The molecule has 0 spiro atoms. The number of aromatic nitrogens is 1. The van der Waals surface area contributed by atoms with Crippen LogP contribution in [-0.4, -0.2) is 34.7 Å². The molecule has 2 rings (SSSR count). The normalized spacial score (nSPS) is 16.9. The summed E-state index contributed by atoms with van der Waals surface area (Å²) in [7, 11) is 0. The fourth-order valence-corrected chi connectivity index (χ4v) is 2.93. The van der Waals surface area contributed by atoms with Gasteiger partial charge in [0, 0.05) is 24.5 Å². The minimum Gasteiger partial charge on any atom is -0.392 e. The van der Waals surface area contributed by atoms with E-state index in [1.165, 1.54) is 17.9 Å². The van der Waals surface area contributed by atoms with Gasteiger partial charge in [-0.3, -0.25) is 0 Å². The van der Waals surface area contributed by atoms with Gasteiger partial charge in [-0.25, -0.2) is 4.98 Å². The van der Waals surface area contributed by atoms with Crippen molar-refractivity contribution in [2.24, 2.45) is 0 Å². The monoisotopic (exact) mass is 252 g/mol. The van der Waals surface area contributed by atoms with Crippen molar-refractivity contribution in [3.05, 3.63) is 23.4 Å². The molecule has 0 unspecified atom stereocenters. The van der Waals surface area contributed by atoms with Crippen LogP contribution in [0.15, 0.2) is 12.1 Å². The third-order valence-corrected chi connectivity index (χ3v) is 4.06. The second-order valence-corrected chi connectivity index (χ2v) is 5.51. The predicted octanol–water partition coefficient (Wildman–Crippen LogP) is 2.08.